The van der Waals surface area contributed by atoms with Crippen molar-refractivity contribution in [3.63, 3.8) is 0 Å². The monoisotopic (exact) mass is 334 g/mol. The van der Waals surface area contributed by atoms with E-state index < -0.39 is 0 Å². The number of likely N-dealkylation sites (tertiary alicyclic amines) is 1. The Kier molecular flexibility index (Phi) is 4.14. The maximum absolute atomic E-state index is 12.8. The first-order valence-corrected chi connectivity index (χ1v) is 8.71. The maximum Gasteiger partial charge on any atom is 0.227 e. The average molecular weight is 334 g/mol. The first-order valence-electron chi connectivity index (χ1n) is 8.71. The van der Waals surface area contributed by atoms with E-state index in [9.17, 15) is 4.79 Å². The van der Waals surface area contributed by atoms with Gasteiger partial charge in [0.2, 0.25) is 5.91 Å². The van der Waals surface area contributed by atoms with Crippen LogP contribution in [-0.4, -0.2) is 31.7 Å². The summed E-state index contributed by atoms with van der Waals surface area (Å²) >= 11 is 0. The van der Waals surface area contributed by atoms with E-state index in [-0.39, 0.29) is 11.9 Å². The van der Waals surface area contributed by atoms with Crippen LogP contribution < -0.4 is 0 Å². The van der Waals surface area contributed by atoms with Crippen molar-refractivity contribution < 1.29 is 4.79 Å². The molecule has 1 saturated heterocycles. The predicted octanol–water partition coefficient (Wildman–Crippen LogP) is 3.12. The molecule has 5 nitrogen and oxygen atoms in total. The minimum absolute atomic E-state index is 0.167. The highest BCUT2D eigenvalue weighted by Crippen LogP contribution is 2.32. The molecule has 1 aliphatic heterocycles. The fourth-order valence-corrected chi connectivity index (χ4v) is 3.59. The molecule has 2 aromatic heterocycles. The second kappa shape index (κ2) is 6.59. The van der Waals surface area contributed by atoms with Crippen LogP contribution in [0.5, 0.6) is 0 Å². The molecule has 0 spiro atoms. The Morgan fingerprint density at radius 1 is 1.20 bits per heavy atom. The number of aromatic nitrogens is 3. The molecule has 0 saturated carbocycles. The van der Waals surface area contributed by atoms with Crippen LogP contribution >= 0.6 is 0 Å². The van der Waals surface area contributed by atoms with Crippen LogP contribution in [0.3, 0.4) is 0 Å². The van der Waals surface area contributed by atoms with Crippen LogP contribution in [0.15, 0.2) is 61.2 Å². The summed E-state index contributed by atoms with van der Waals surface area (Å²) in [5, 5.41) is 4.25. The van der Waals surface area contributed by atoms with Crippen molar-refractivity contribution in [3.05, 3.63) is 72.3 Å². The maximum atomic E-state index is 12.8. The van der Waals surface area contributed by atoms with Crippen molar-refractivity contribution in [1.82, 2.24) is 19.2 Å². The number of hydrogen-bond acceptors (Lipinski definition) is 2. The van der Waals surface area contributed by atoms with Crippen LogP contribution in [0.1, 0.15) is 30.0 Å². The molecule has 0 aliphatic carbocycles. The third-order valence-corrected chi connectivity index (χ3v) is 4.88. The first-order chi connectivity index (χ1) is 12.2. The van der Waals surface area contributed by atoms with Gasteiger partial charge in [-0.2, -0.15) is 5.10 Å². The zero-order valence-corrected chi connectivity index (χ0v) is 14.4. The lowest BCUT2D eigenvalue weighted by atomic mass is 10.1. The molecule has 3 heterocycles. The van der Waals surface area contributed by atoms with Gasteiger partial charge in [0, 0.05) is 43.4 Å². The fourth-order valence-electron chi connectivity index (χ4n) is 3.59. The number of benzene rings is 1. The summed E-state index contributed by atoms with van der Waals surface area (Å²) < 4.78 is 3.86. The van der Waals surface area contributed by atoms with E-state index in [1.165, 1.54) is 0 Å². The predicted molar refractivity (Wildman–Crippen MR) is 96.4 cm³/mol. The molecule has 5 heteroatoms. The Hall–Kier alpha value is -2.82. The summed E-state index contributed by atoms with van der Waals surface area (Å²) in [5.41, 5.74) is 3.30. The summed E-state index contributed by atoms with van der Waals surface area (Å²) in [5.74, 6) is 0.195. The molecule has 1 fully saturated rings. The van der Waals surface area contributed by atoms with Crippen molar-refractivity contribution in [2.75, 3.05) is 6.54 Å². The lowest BCUT2D eigenvalue weighted by Crippen LogP contribution is -2.31. The van der Waals surface area contributed by atoms with Gasteiger partial charge in [-0.15, -0.1) is 0 Å². The minimum Gasteiger partial charge on any atom is -0.335 e. The molecule has 25 heavy (non-hydrogen) atoms. The summed E-state index contributed by atoms with van der Waals surface area (Å²) in [6.45, 7) is 0.833. The van der Waals surface area contributed by atoms with Gasteiger partial charge in [0.05, 0.1) is 18.7 Å². The van der Waals surface area contributed by atoms with Crippen molar-refractivity contribution in [2.45, 2.75) is 25.3 Å². The normalized spacial score (nSPS) is 17.2. The first kappa shape index (κ1) is 15.7. The lowest BCUT2D eigenvalue weighted by Gasteiger charge is -2.24. The van der Waals surface area contributed by atoms with E-state index in [2.05, 4.69) is 21.8 Å². The number of amides is 1. The topological polar surface area (TPSA) is 43.1 Å². The largest absolute Gasteiger partial charge is 0.335 e. The van der Waals surface area contributed by atoms with Gasteiger partial charge >= 0.3 is 0 Å². The molecular formula is C20H22N4O. The zero-order valence-electron chi connectivity index (χ0n) is 14.4. The highest BCUT2D eigenvalue weighted by atomic mass is 16.2. The molecule has 1 aliphatic rings. The van der Waals surface area contributed by atoms with Crippen LogP contribution in [0.2, 0.25) is 0 Å². The summed E-state index contributed by atoms with van der Waals surface area (Å²) in [7, 11) is 1.91. The van der Waals surface area contributed by atoms with E-state index in [1.807, 2.05) is 61.0 Å². The summed E-state index contributed by atoms with van der Waals surface area (Å²) in [6, 6.07) is 12.4. The molecule has 0 radical (unpaired) electrons. The van der Waals surface area contributed by atoms with Gasteiger partial charge in [-0.1, -0.05) is 12.1 Å². The number of rotatable bonds is 4. The van der Waals surface area contributed by atoms with E-state index in [1.54, 1.807) is 4.68 Å². The van der Waals surface area contributed by atoms with E-state index in [4.69, 9.17) is 0 Å². The SMILES string of the molecule is Cn1cc([C@H]2CCCN2C(=O)Cc2ccc(-n3cccc3)cc2)cn1. The molecule has 0 unspecified atom stereocenters. The number of aryl methyl sites for hydroxylation is 1. The second-order valence-electron chi connectivity index (χ2n) is 6.63. The number of hydrogen-bond donors (Lipinski definition) is 0. The van der Waals surface area contributed by atoms with Crippen molar-refractivity contribution in [3.8, 4) is 5.69 Å². The molecule has 1 aromatic carbocycles. The van der Waals surface area contributed by atoms with Gasteiger partial charge in [0.15, 0.2) is 0 Å². The van der Waals surface area contributed by atoms with Crippen LogP contribution in [0.4, 0.5) is 0 Å². The van der Waals surface area contributed by atoms with E-state index in [0.717, 1.165) is 36.2 Å². The lowest BCUT2D eigenvalue weighted by molar-refractivity contribution is -0.131. The number of carbonyl (C=O) groups is 1. The van der Waals surface area contributed by atoms with E-state index in [0.29, 0.717) is 6.42 Å². The summed E-state index contributed by atoms with van der Waals surface area (Å²) in [4.78, 5) is 14.8. The molecule has 128 valence electrons. The van der Waals surface area contributed by atoms with Gasteiger partial charge in [0.1, 0.15) is 0 Å². The standard InChI is InChI=1S/C20H22N4O/c1-22-15-17(14-21-22)19-5-4-12-24(19)20(25)13-16-6-8-18(9-7-16)23-10-2-3-11-23/h2-3,6-11,14-15,19H,4-5,12-13H2,1H3/t19-/m1/s1. The highest BCUT2D eigenvalue weighted by molar-refractivity contribution is 5.79. The van der Waals surface area contributed by atoms with Crippen molar-refractivity contribution in [1.29, 1.82) is 0 Å². The molecule has 1 amide bonds. The number of nitrogens with zero attached hydrogens (tertiary/aromatic N) is 4. The number of carbonyl (C=O) groups excluding carboxylic acids is 1. The Labute approximate surface area is 147 Å². The van der Waals surface area contributed by atoms with Crippen LogP contribution in [-0.2, 0) is 18.3 Å². The molecule has 1 atom stereocenters. The average Bonchev–Trinajstić information content (AvgIpc) is 3.36. The van der Waals surface area contributed by atoms with E-state index >= 15 is 0 Å². The Bertz CT molecular complexity index is 848. The minimum atomic E-state index is 0.167. The third kappa shape index (κ3) is 3.22. The quantitative estimate of drug-likeness (QED) is 0.736. The zero-order chi connectivity index (χ0) is 17.2. The van der Waals surface area contributed by atoms with Crippen molar-refractivity contribution >= 4 is 5.91 Å². The van der Waals surface area contributed by atoms with Crippen LogP contribution in [0.25, 0.3) is 5.69 Å². The Morgan fingerprint density at radius 2 is 1.96 bits per heavy atom. The van der Waals surface area contributed by atoms with Gasteiger partial charge in [0.25, 0.3) is 0 Å². The highest BCUT2D eigenvalue weighted by Gasteiger charge is 2.30. The van der Waals surface area contributed by atoms with Gasteiger partial charge in [-0.05, 0) is 42.7 Å². The van der Waals surface area contributed by atoms with Gasteiger partial charge in [-0.3, -0.25) is 9.48 Å². The van der Waals surface area contributed by atoms with Crippen LogP contribution in [0, 0.1) is 0 Å². The van der Waals surface area contributed by atoms with Gasteiger partial charge in [-0.25, -0.2) is 0 Å². The molecule has 3 aromatic rings. The Morgan fingerprint density at radius 3 is 2.64 bits per heavy atom. The summed E-state index contributed by atoms with van der Waals surface area (Å²) in [6.07, 6.45) is 10.4. The Balaban J connectivity index is 1.46. The fraction of sp³-hybridized carbons (Fsp3) is 0.300. The van der Waals surface area contributed by atoms with Crippen molar-refractivity contribution in [2.24, 2.45) is 7.05 Å². The molecule has 0 bridgehead atoms. The third-order valence-electron chi connectivity index (χ3n) is 4.88. The second-order valence-corrected chi connectivity index (χ2v) is 6.63. The molecule has 4 rings (SSSR count). The smallest absolute Gasteiger partial charge is 0.227 e. The molecular weight excluding hydrogens is 312 g/mol. The molecule has 0 N–H and O–H groups in total. The van der Waals surface area contributed by atoms with Gasteiger partial charge < -0.3 is 9.47 Å².